The lowest BCUT2D eigenvalue weighted by Gasteiger charge is -2.35. The molecule has 0 radical (unpaired) electrons. The van der Waals surface area contributed by atoms with Crippen LogP contribution in [0, 0.1) is 6.92 Å². The van der Waals surface area contributed by atoms with Gasteiger partial charge in [0.25, 0.3) is 5.92 Å². The van der Waals surface area contributed by atoms with E-state index in [0.29, 0.717) is 0 Å². The van der Waals surface area contributed by atoms with E-state index in [1.54, 1.807) is 27.7 Å². The molecule has 5 rings (SSSR count). The third-order valence-corrected chi connectivity index (χ3v) is 8.93. The number of alkyl halides is 2. The first-order valence-electron chi connectivity index (χ1n) is 12.3. The minimum absolute atomic E-state index is 0.730. The summed E-state index contributed by atoms with van der Waals surface area (Å²) >= 11 is 7.08. The lowest BCUT2D eigenvalue weighted by Crippen LogP contribution is -2.46. The van der Waals surface area contributed by atoms with Gasteiger partial charge >= 0.3 is 0 Å². The van der Waals surface area contributed by atoms with Gasteiger partial charge in [0.1, 0.15) is 0 Å². The fraction of sp³-hybridized carbons (Fsp3) is 0.250. The van der Waals surface area contributed by atoms with E-state index in [9.17, 15) is 0 Å². The Balaban J connectivity index is 1.59. The van der Waals surface area contributed by atoms with Crippen molar-refractivity contribution in [2.45, 2.75) is 51.4 Å². The zero-order valence-corrected chi connectivity index (χ0v) is 24.7. The summed E-state index contributed by atoms with van der Waals surface area (Å²) in [6.07, 6.45) is 0. The van der Waals surface area contributed by atoms with Gasteiger partial charge in [0.15, 0.2) is 0 Å². The third-order valence-electron chi connectivity index (χ3n) is 7.88. The summed E-state index contributed by atoms with van der Waals surface area (Å²) in [7, 11) is 0. The number of anilines is 3. The van der Waals surface area contributed by atoms with Crippen LogP contribution in [0.15, 0.2) is 93.9 Å². The first-order chi connectivity index (χ1) is 17.3. The summed E-state index contributed by atoms with van der Waals surface area (Å²) in [5.41, 5.74) is 5.22. The van der Waals surface area contributed by atoms with Gasteiger partial charge in [-0.15, -0.1) is 0 Å². The molecule has 0 spiro atoms. The smallest absolute Gasteiger partial charge is 0.266 e. The molecular weight excluding hydrogens is 596 g/mol. The average Bonchev–Trinajstić information content (AvgIpc) is 2.96. The quantitative estimate of drug-likeness (QED) is 0.218. The Morgan fingerprint density at radius 3 is 1.57 bits per heavy atom. The first kappa shape index (κ1) is 26.1. The lowest BCUT2D eigenvalue weighted by molar-refractivity contribution is -0.105. The van der Waals surface area contributed by atoms with E-state index in [4.69, 9.17) is 0 Å². The van der Waals surface area contributed by atoms with Gasteiger partial charge in [-0.2, -0.15) is 0 Å². The van der Waals surface area contributed by atoms with Crippen LogP contribution >= 0.6 is 31.9 Å². The summed E-state index contributed by atoms with van der Waals surface area (Å²) in [5.74, 6) is -2.84. The van der Waals surface area contributed by atoms with Gasteiger partial charge in [-0.25, -0.2) is 8.78 Å². The number of aryl methyl sites for hydroxylation is 1. The van der Waals surface area contributed by atoms with Crippen LogP contribution in [0.4, 0.5) is 25.8 Å². The van der Waals surface area contributed by atoms with Crippen molar-refractivity contribution >= 4 is 48.9 Å². The standard InChI is InChI=1S/C32H29Br2F2N/c1-20-18-21(22-6-16-27-28(19-22)31(4,5)32(35,36)30(27,2)3)7-17-29(20)37(25-12-8-23(33)9-13-25)26-14-10-24(34)11-15-26/h6-19H,1-5H3. The summed E-state index contributed by atoms with van der Waals surface area (Å²) < 4.78 is 32.8. The Morgan fingerprint density at radius 1 is 0.595 bits per heavy atom. The highest BCUT2D eigenvalue weighted by atomic mass is 79.9. The van der Waals surface area contributed by atoms with Gasteiger partial charge in [-0.3, -0.25) is 0 Å². The predicted octanol–water partition coefficient (Wildman–Crippen LogP) is 10.9. The molecule has 37 heavy (non-hydrogen) atoms. The van der Waals surface area contributed by atoms with Crippen LogP contribution in [-0.4, -0.2) is 5.92 Å². The van der Waals surface area contributed by atoms with Gasteiger partial charge in [0, 0.05) is 26.0 Å². The van der Waals surface area contributed by atoms with Crippen LogP contribution in [0.25, 0.3) is 11.1 Å². The number of hydrogen-bond acceptors (Lipinski definition) is 1. The number of rotatable bonds is 4. The maximum atomic E-state index is 15.4. The van der Waals surface area contributed by atoms with Crippen molar-refractivity contribution in [2.75, 3.05) is 4.90 Å². The molecule has 0 amide bonds. The van der Waals surface area contributed by atoms with Crippen LogP contribution in [0.1, 0.15) is 44.4 Å². The molecular formula is C32H29Br2F2N. The Kier molecular flexibility index (Phi) is 6.39. The van der Waals surface area contributed by atoms with Crippen molar-refractivity contribution in [1.29, 1.82) is 0 Å². The maximum Gasteiger partial charge on any atom is 0.266 e. The summed E-state index contributed by atoms with van der Waals surface area (Å²) in [6, 6.07) is 28.7. The third kappa shape index (κ3) is 4.15. The van der Waals surface area contributed by atoms with Crippen molar-refractivity contribution in [2.24, 2.45) is 0 Å². The second kappa shape index (κ2) is 9.06. The van der Waals surface area contributed by atoms with E-state index < -0.39 is 16.8 Å². The highest BCUT2D eigenvalue weighted by Gasteiger charge is 2.65. The summed E-state index contributed by atoms with van der Waals surface area (Å²) in [5, 5.41) is 0. The molecule has 0 atom stereocenters. The number of halogens is 4. The number of fused-ring (bicyclic) bond motifs is 1. The molecule has 4 aromatic rings. The molecule has 0 saturated carbocycles. The molecule has 0 fully saturated rings. The Hall–Kier alpha value is -2.50. The van der Waals surface area contributed by atoms with Crippen LogP contribution in [0.5, 0.6) is 0 Å². The van der Waals surface area contributed by atoms with Gasteiger partial charge in [-0.05, 0) is 123 Å². The van der Waals surface area contributed by atoms with Crippen molar-refractivity contribution < 1.29 is 8.78 Å². The van der Waals surface area contributed by atoms with Gasteiger partial charge in [0.05, 0.1) is 10.8 Å². The van der Waals surface area contributed by atoms with Crippen molar-refractivity contribution in [3.05, 3.63) is 111 Å². The molecule has 1 aliphatic rings. The van der Waals surface area contributed by atoms with Crippen LogP contribution in [0.3, 0.4) is 0 Å². The molecule has 0 bridgehead atoms. The molecule has 0 heterocycles. The van der Waals surface area contributed by atoms with Crippen molar-refractivity contribution in [3.63, 3.8) is 0 Å². The molecule has 4 aromatic carbocycles. The van der Waals surface area contributed by atoms with Crippen molar-refractivity contribution in [3.8, 4) is 11.1 Å². The highest BCUT2D eigenvalue weighted by Crippen LogP contribution is 2.59. The summed E-state index contributed by atoms with van der Waals surface area (Å²) in [4.78, 5) is 2.23. The highest BCUT2D eigenvalue weighted by molar-refractivity contribution is 9.10. The van der Waals surface area contributed by atoms with Crippen LogP contribution in [0.2, 0.25) is 0 Å². The fourth-order valence-electron chi connectivity index (χ4n) is 5.60. The minimum Gasteiger partial charge on any atom is -0.310 e. The largest absolute Gasteiger partial charge is 0.310 e. The van der Waals surface area contributed by atoms with E-state index >= 15 is 8.78 Å². The molecule has 1 nitrogen and oxygen atoms in total. The van der Waals surface area contributed by atoms with E-state index in [2.05, 4.69) is 86.1 Å². The van der Waals surface area contributed by atoms with E-state index in [0.717, 1.165) is 53.8 Å². The number of hydrogen-bond donors (Lipinski definition) is 0. The first-order valence-corrected chi connectivity index (χ1v) is 13.9. The molecule has 0 aliphatic heterocycles. The average molecular weight is 625 g/mol. The van der Waals surface area contributed by atoms with Gasteiger partial charge in [-0.1, -0.05) is 56.1 Å². The second-order valence-corrected chi connectivity index (χ2v) is 12.7. The predicted molar refractivity (Wildman–Crippen MR) is 158 cm³/mol. The maximum absolute atomic E-state index is 15.4. The van der Waals surface area contributed by atoms with Crippen LogP contribution in [-0.2, 0) is 10.8 Å². The Labute approximate surface area is 234 Å². The lowest BCUT2D eigenvalue weighted by atomic mass is 9.77. The Morgan fingerprint density at radius 2 is 1.05 bits per heavy atom. The van der Waals surface area contributed by atoms with Crippen molar-refractivity contribution in [1.82, 2.24) is 0 Å². The SMILES string of the molecule is Cc1cc(-c2ccc3c(c2)C(C)(C)C(F)(F)C3(C)C)ccc1N(c1ccc(Br)cc1)c1ccc(Br)cc1. The van der Waals surface area contributed by atoms with Crippen LogP contribution < -0.4 is 4.90 Å². The zero-order valence-electron chi connectivity index (χ0n) is 21.5. The molecule has 0 N–H and O–H groups in total. The van der Waals surface area contributed by atoms with E-state index in [-0.39, 0.29) is 0 Å². The van der Waals surface area contributed by atoms with Gasteiger partial charge < -0.3 is 4.90 Å². The molecule has 0 saturated heterocycles. The molecule has 0 unspecified atom stereocenters. The molecule has 0 aromatic heterocycles. The zero-order chi connectivity index (χ0) is 26.8. The minimum atomic E-state index is -2.84. The summed E-state index contributed by atoms with van der Waals surface area (Å²) in [6.45, 7) is 8.72. The number of nitrogens with zero attached hydrogens (tertiary/aromatic N) is 1. The molecule has 190 valence electrons. The molecule has 1 aliphatic carbocycles. The monoisotopic (exact) mass is 623 g/mol. The molecule has 5 heteroatoms. The van der Waals surface area contributed by atoms with Gasteiger partial charge in [0.2, 0.25) is 0 Å². The number of benzene rings is 4. The second-order valence-electron chi connectivity index (χ2n) is 10.9. The van der Waals surface area contributed by atoms with E-state index in [1.807, 2.05) is 42.5 Å². The fourth-order valence-corrected chi connectivity index (χ4v) is 6.13. The normalized spacial score (nSPS) is 16.9. The Bertz CT molecular complexity index is 1430. The van der Waals surface area contributed by atoms with E-state index in [1.165, 1.54) is 0 Å². The topological polar surface area (TPSA) is 3.24 Å².